The summed E-state index contributed by atoms with van der Waals surface area (Å²) in [6.45, 7) is 0.459. The van der Waals surface area contributed by atoms with Crippen molar-refractivity contribution in [1.29, 1.82) is 0 Å². The van der Waals surface area contributed by atoms with Crippen LogP contribution in [-0.4, -0.2) is 23.3 Å². The van der Waals surface area contributed by atoms with E-state index in [0.29, 0.717) is 29.8 Å². The minimum atomic E-state index is -0.591. The smallest absolute Gasteiger partial charge is 0.288 e. The molecule has 0 saturated heterocycles. The maximum atomic E-state index is 12.6. The van der Waals surface area contributed by atoms with Crippen LogP contribution in [0, 0.1) is 10.1 Å². The third-order valence-corrected chi connectivity index (χ3v) is 4.89. The fraction of sp³-hybridized carbons (Fsp3) is 0.0833. The van der Waals surface area contributed by atoms with Gasteiger partial charge in [-0.3, -0.25) is 19.7 Å². The van der Waals surface area contributed by atoms with Crippen molar-refractivity contribution in [2.24, 2.45) is 0 Å². The quantitative estimate of drug-likeness (QED) is 0.291. The molecule has 0 heterocycles. The summed E-state index contributed by atoms with van der Waals surface area (Å²) in [6.07, 6.45) is 3.36. The van der Waals surface area contributed by atoms with E-state index in [0.717, 1.165) is 5.56 Å². The highest BCUT2D eigenvalue weighted by Gasteiger charge is 2.13. The lowest BCUT2D eigenvalue weighted by Crippen LogP contribution is -2.27. The topological polar surface area (TPSA) is 101 Å². The molecule has 0 saturated carbocycles. The fourth-order valence-corrected chi connectivity index (χ4v) is 3.16. The van der Waals surface area contributed by atoms with Crippen LogP contribution >= 0.6 is 11.6 Å². The summed E-state index contributed by atoms with van der Waals surface area (Å²) in [4.78, 5) is 35.3. The van der Waals surface area contributed by atoms with Gasteiger partial charge in [0.2, 0.25) is 5.91 Å². The molecule has 0 bridgehead atoms. The lowest BCUT2D eigenvalue weighted by molar-refractivity contribution is -0.384. The van der Waals surface area contributed by atoms with Crippen molar-refractivity contribution in [3.05, 3.63) is 111 Å². The Morgan fingerprint density at radius 1 is 1.00 bits per heavy atom. The van der Waals surface area contributed by atoms with Gasteiger partial charge in [-0.05, 0) is 41.8 Å². The monoisotopic (exact) mass is 449 g/mol. The van der Waals surface area contributed by atoms with Gasteiger partial charge in [-0.1, -0.05) is 60.1 Å². The van der Waals surface area contributed by atoms with Crippen LogP contribution in [0.15, 0.2) is 78.9 Å². The Kier molecular flexibility index (Phi) is 7.72. The zero-order chi connectivity index (χ0) is 22.9. The molecule has 0 aliphatic rings. The first-order valence-corrected chi connectivity index (χ1v) is 10.2. The fourth-order valence-electron chi connectivity index (χ4n) is 2.97. The molecular formula is C24H20ClN3O4. The first-order chi connectivity index (χ1) is 15.4. The van der Waals surface area contributed by atoms with E-state index >= 15 is 0 Å². The molecule has 0 radical (unpaired) electrons. The largest absolute Gasteiger partial charge is 0.352 e. The number of hydrogen-bond donors (Lipinski definition) is 2. The molecule has 3 aromatic carbocycles. The summed E-state index contributed by atoms with van der Waals surface area (Å²) >= 11 is 5.80. The first-order valence-electron chi connectivity index (χ1n) is 9.78. The van der Waals surface area contributed by atoms with Crippen LogP contribution in [-0.2, 0) is 11.2 Å². The number of amides is 2. The SMILES string of the molecule is O=C(/C=C/c1ccc(Cl)c([N+](=O)[O-])c1)Nc1ccccc1C(=O)NCCc1ccccc1. The number of anilines is 1. The van der Waals surface area contributed by atoms with Crippen LogP contribution in [0.2, 0.25) is 5.02 Å². The summed E-state index contributed by atoms with van der Waals surface area (Å²) in [5.41, 5.74) is 2.02. The van der Waals surface area contributed by atoms with Crippen molar-refractivity contribution in [3.63, 3.8) is 0 Å². The lowest BCUT2D eigenvalue weighted by atomic mass is 10.1. The highest BCUT2D eigenvalue weighted by molar-refractivity contribution is 6.32. The van der Waals surface area contributed by atoms with Crippen molar-refractivity contribution >= 4 is 40.9 Å². The molecule has 162 valence electrons. The Morgan fingerprint density at radius 3 is 2.47 bits per heavy atom. The second kappa shape index (κ2) is 10.9. The third-order valence-electron chi connectivity index (χ3n) is 4.57. The number of halogens is 1. The number of nitrogens with one attached hydrogen (secondary N) is 2. The van der Waals surface area contributed by atoms with E-state index in [1.54, 1.807) is 30.3 Å². The average molecular weight is 450 g/mol. The van der Waals surface area contributed by atoms with Crippen LogP contribution < -0.4 is 10.6 Å². The van der Waals surface area contributed by atoms with Gasteiger partial charge < -0.3 is 10.6 Å². The summed E-state index contributed by atoms with van der Waals surface area (Å²) in [6, 6.07) is 20.7. The molecule has 7 nitrogen and oxygen atoms in total. The van der Waals surface area contributed by atoms with E-state index in [4.69, 9.17) is 11.6 Å². The highest BCUT2D eigenvalue weighted by atomic mass is 35.5. The third kappa shape index (κ3) is 6.26. The summed E-state index contributed by atoms with van der Waals surface area (Å²) < 4.78 is 0. The molecule has 0 aliphatic heterocycles. The van der Waals surface area contributed by atoms with Crippen LogP contribution in [0.4, 0.5) is 11.4 Å². The second-order valence-corrected chi connectivity index (χ2v) is 7.23. The van der Waals surface area contributed by atoms with E-state index in [-0.39, 0.29) is 16.6 Å². The number of nitro groups is 1. The van der Waals surface area contributed by atoms with E-state index in [2.05, 4.69) is 10.6 Å². The van der Waals surface area contributed by atoms with Crippen molar-refractivity contribution < 1.29 is 14.5 Å². The van der Waals surface area contributed by atoms with Gasteiger partial charge >= 0.3 is 0 Å². The normalized spacial score (nSPS) is 10.7. The number of carbonyl (C=O) groups excluding carboxylic acids is 2. The first kappa shape index (κ1) is 22.7. The Morgan fingerprint density at radius 2 is 1.72 bits per heavy atom. The molecule has 3 aromatic rings. The van der Waals surface area contributed by atoms with Crippen molar-refractivity contribution in [2.45, 2.75) is 6.42 Å². The number of nitrogens with zero attached hydrogens (tertiary/aromatic N) is 1. The standard InChI is InChI=1S/C24H20ClN3O4/c25-20-12-10-18(16-22(20)28(31)32)11-13-23(29)27-21-9-5-4-8-19(21)24(30)26-15-14-17-6-2-1-3-7-17/h1-13,16H,14-15H2,(H,26,30)(H,27,29)/b13-11+. The van der Waals surface area contributed by atoms with Gasteiger partial charge in [-0.15, -0.1) is 0 Å². The maximum absolute atomic E-state index is 12.6. The van der Waals surface area contributed by atoms with Crippen LogP contribution in [0.25, 0.3) is 6.08 Å². The van der Waals surface area contributed by atoms with Gasteiger partial charge in [0.1, 0.15) is 5.02 Å². The van der Waals surface area contributed by atoms with Gasteiger partial charge in [0.15, 0.2) is 0 Å². The van der Waals surface area contributed by atoms with Gasteiger partial charge in [0.25, 0.3) is 11.6 Å². The number of carbonyl (C=O) groups is 2. The average Bonchev–Trinajstić information content (AvgIpc) is 2.79. The van der Waals surface area contributed by atoms with E-state index in [9.17, 15) is 19.7 Å². The lowest BCUT2D eigenvalue weighted by Gasteiger charge is -2.10. The van der Waals surface area contributed by atoms with Gasteiger partial charge in [0.05, 0.1) is 16.2 Å². The number of rotatable bonds is 8. The molecule has 0 spiro atoms. The second-order valence-electron chi connectivity index (χ2n) is 6.83. The summed E-state index contributed by atoms with van der Waals surface area (Å²) in [7, 11) is 0. The van der Waals surface area contributed by atoms with Gasteiger partial charge in [-0.2, -0.15) is 0 Å². The molecule has 0 unspecified atom stereocenters. The minimum Gasteiger partial charge on any atom is -0.352 e. The zero-order valence-corrected chi connectivity index (χ0v) is 17.7. The number of para-hydroxylation sites is 1. The predicted octanol–water partition coefficient (Wildman–Crippen LogP) is 4.87. The van der Waals surface area contributed by atoms with Crippen LogP contribution in [0.1, 0.15) is 21.5 Å². The summed E-state index contributed by atoms with van der Waals surface area (Å²) in [5, 5.41) is 16.5. The Labute approximate surface area is 189 Å². The Bertz CT molecular complexity index is 1160. The Balaban J connectivity index is 1.63. The van der Waals surface area contributed by atoms with E-state index in [1.165, 1.54) is 24.3 Å². The molecule has 2 N–H and O–H groups in total. The Hall–Kier alpha value is -3.97. The van der Waals surface area contributed by atoms with Crippen LogP contribution in [0.5, 0.6) is 0 Å². The van der Waals surface area contributed by atoms with Crippen molar-refractivity contribution in [3.8, 4) is 0 Å². The van der Waals surface area contributed by atoms with Crippen molar-refractivity contribution in [1.82, 2.24) is 5.32 Å². The number of nitro benzene ring substituents is 1. The highest BCUT2D eigenvalue weighted by Crippen LogP contribution is 2.25. The molecule has 3 rings (SSSR count). The minimum absolute atomic E-state index is 0.0174. The molecule has 2 amide bonds. The molecule has 0 aliphatic carbocycles. The number of hydrogen-bond acceptors (Lipinski definition) is 4. The maximum Gasteiger partial charge on any atom is 0.288 e. The summed E-state index contributed by atoms with van der Waals surface area (Å²) in [5.74, 6) is -0.777. The van der Waals surface area contributed by atoms with Gasteiger partial charge in [-0.25, -0.2) is 0 Å². The number of benzene rings is 3. The van der Waals surface area contributed by atoms with Crippen molar-refractivity contribution in [2.75, 3.05) is 11.9 Å². The van der Waals surface area contributed by atoms with Gasteiger partial charge in [0, 0.05) is 18.7 Å². The van der Waals surface area contributed by atoms with Crippen LogP contribution in [0.3, 0.4) is 0 Å². The molecular weight excluding hydrogens is 430 g/mol. The molecule has 8 heteroatoms. The molecule has 0 aromatic heterocycles. The van der Waals surface area contributed by atoms with E-state index in [1.807, 2.05) is 30.3 Å². The zero-order valence-electron chi connectivity index (χ0n) is 17.0. The molecule has 0 atom stereocenters. The molecule has 0 fully saturated rings. The molecule has 32 heavy (non-hydrogen) atoms. The predicted molar refractivity (Wildman–Crippen MR) is 125 cm³/mol. The van der Waals surface area contributed by atoms with E-state index < -0.39 is 10.8 Å².